The highest BCUT2D eigenvalue weighted by Crippen LogP contribution is 2.36. The van der Waals surface area contributed by atoms with Crippen molar-refractivity contribution in [2.24, 2.45) is 0 Å². The van der Waals surface area contributed by atoms with Gasteiger partial charge in [-0.1, -0.05) is 0 Å². The minimum absolute atomic E-state index is 0. The fourth-order valence-corrected chi connectivity index (χ4v) is 4.66. The molecule has 0 radical (unpaired) electrons. The van der Waals surface area contributed by atoms with E-state index >= 15 is 0 Å². The molecule has 5 rings (SSSR count). The van der Waals surface area contributed by atoms with Crippen LogP contribution < -0.4 is 0 Å². The summed E-state index contributed by atoms with van der Waals surface area (Å²) >= 11 is 0. The second-order valence-electron chi connectivity index (χ2n) is 8.50. The molecule has 0 unspecified atom stereocenters. The number of carbonyl (C=O) groups excluding carboxylic acids is 1. The summed E-state index contributed by atoms with van der Waals surface area (Å²) in [6, 6.07) is 16.8. The lowest BCUT2D eigenvalue weighted by Crippen LogP contribution is -2.19. The SMILES string of the molecule is Cl.O=C(CCCCN1Cc2c(n(-c3ccc(F)cc3)c3ccc(F)cc23)C1)c1ccc(F)cc1. The molecule has 0 atom stereocenters. The molecule has 3 nitrogen and oxygen atoms in total. The first-order valence-corrected chi connectivity index (χ1v) is 11.1. The van der Waals surface area contributed by atoms with Crippen molar-refractivity contribution in [2.45, 2.75) is 32.4 Å². The normalized spacial score (nSPS) is 13.1. The third-order valence-electron chi connectivity index (χ3n) is 6.28. The minimum Gasteiger partial charge on any atom is -0.312 e. The third-order valence-corrected chi connectivity index (χ3v) is 6.28. The summed E-state index contributed by atoms with van der Waals surface area (Å²) < 4.78 is 42.6. The van der Waals surface area contributed by atoms with Crippen LogP contribution in [0, 0.1) is 17.5 Å². The van der Waals surface area contributed by atoms with Crippen LogP contribution in [0.2, 0.25) is 0 Å². The zero-order valence-electron chi connectivity index (χ0n) is 18.4. The first-order chi connectivity index (χ1) is 16.0. The number of ketones is 1. The van der Waals surface area contributed by atoms with Gasteiger partial charge in [-0.25, -0.2) is 13.2 Å². The van der Waals surface area contributed by atoms with Crippen molar-refractivity contribution >= 4 is 29.1 Å². The second kappa shape index (κ2) is 10.0. The number of fused-ring (bicyclic) bond motifs is 3. The number of carbonyl (C=O) groups is 1. The highest BCUT2D eigenvalue weighted by atomic mass is 35.5. The van der Waals surface area contributed by atoms with E-state index in [1.165, 1.54) is 42.5 Å². The summed E-state index contributed by atoms with van der Waals surface area (Å²) in [5.74, 6) is -0.907. The van der Waals surface area contributed by atoms with Crippen LogP contribution in [-0.4, -0.2) is 21.8 Å². The van der Waals surface area contributed by atoms with Gasteiger partial charge in [-0.2, -0.15) is 0 Å². The van der Waals surface area contributed by atoms with Gasteiger partial charge in [-0.15, -0.1) is 12.4 Å². The first-order valence-electron chi connectivity index (χ1n) is 11.1. The van der Waals surface area contributed by atoms with Crippen LogP contribution in [0.25, 0.3) is 16.6 Å². The van der Waals surface area contributed by atoms with Crippen molar-refractivity contribution in [3.8, 4) is 5.69 Å². The van der Waals surface area contributed by atoms with Gasteiger partial charge in [0.15, 0.2) is 5.78 Å². The molecule has 1 aromatic heterocycles. The van der Waals surface area contributed by atoms with Crippen molar-refractivity contribution in [3.05, 3.63) is 101 Å². The lowest BCUT2D eigenvalue weighted by molar-refractivity contribution is 0.0977. The Labute approximate surface area is 202 Å². The van der Waals surface area contributed by atoms with Crippen LogP contribution in [0.5, 0.6) is 0 Å². The molecular formula is C27H24ClF3N2O. The van der Waals surface area contributed by atoms with E-state index in [9.17, 15) is 18.0 Å². The molecular weight excluding hydrogens is 461 g/mol. The Bertz CT molecular complexity index is 1320. The summed E-state index contributed by atoms with van der Waals surface area (Å²) in [6.45, 7) is 2.22. The molecule has 176 valence electrons. The molecule has 0 aliphatic carbocycles. The average molecular weight is 485 g/mol. The third kappa shape index (κ3) is 4.74. The number of hydrogen-bond donors (Lipinski definition) is 0. The summed E-state index contributed by atoms with van der Waals surface area (Å²) in [6.07, 6.45) is 2.01. The fraction of sp³-hybridized carbons (Fsp3) is 0.222. The highest BCUT2D eigenvalue weighted by Gasteiger charge is 2.27. The molecule has 34 heavy (non-hydrogen) atoms. The molecule has 0 saturated heterocycles. The van der Waals surface area contributed by atoms with Crippen molar-refractivity contribution in [3.63, 3.8) is 0 Å². The van der Waals surface area contributed by atoms with Gasteiger partial charge in [0.25, 0.3) is 0 Å². The van der Waals surface area contributed by atoms with E-state index in [1.54, 1.807) is 24.3 Å². The molecule has 0 amide bonds. The van der Waals surface area contributed by atoms with Gasteiger partial charge in [-0.05, 0) is 91.7 Å². The number of unbranched alkanes of at least 4 members (excludes halogenated alkanes) is 1. The standard InChI is InChI=1S/C27H23F3N2O.ClH/c28-19-6-4-18(5-7-19)27(33)3-1-2-14-31-16-24-23-15-21(30)10-13-25(23)32(26(24)17-31)22-11-8-20(29)9-12-22;/h4-13,15H,1-3,14,16-17H2;1H. The van der Waals surface area contributed by atoms with Gasteiger partial charge >= 0.3 is 0 Å². The van der Waals surface area contributed by atoms with Gasteiger partial charge < -0.3 is 4.57 Å². The zero-order valence-corrected chi connectivity index (χ0v) is 19.3. The quantitative estimate of drug-likeness (QED) is 0.212. The van der Waals surface area contributed by atoms with Gasteiger partial charge in [0.1, 0.15) is 17.5 Å². The fourth-order valence-electron chi connectivity index (χ4n) is 4.66. The van der Waals surface area contributed by atoms with E-state index in [2.05, 4.69) is 9.47 Å². The van der Waals surface area contributed by atoms with Gasteiger partial charge in [0.2, 0.25) is 0 Å². The van der Waals surface area contributed by atoms with Crippen LogP contribution in [-0.2, 0) is 13.1 Å². The average Bonchev–Trinajstić information content (AvgIpc) is 3.34. The number of Topliss-reactive ketones (excluding diaryl/α,β-unsaturated/α-hetero) is 1. The smallest absolute Gasteiger partial charge is 0.162 e. The van der Waals surface area contributed by atoms with Crippen molar-refractivity contribution in [2.75, 3.05) is 6.54 Å². The van der Waals surface area contributed by atoms with Gasteiger partial charge in [0, 0.05) is 41.8 Å². The molecule has 2 heterocycles. The number of aromatic nitrogens is 1. The number of nitrogens with zero attached hydrogens (tertiary/aromatic N) is 2. The number of rotatable bonds is 7. The maximum absolute atomic E-state index is 14.0. The summed E-state index contributed by atoms with van der Waals surface area (Å²) in [4.78, 5) is 14.6. The van der Waals surface area contributed by atoms with E-state index in [-0.39, 0.29) is 35.6 Å². The molecule has 4 aromatic rings. The van der Waals surface area contributed by atoms with Gasteiger partial charge in [0.05, 0.1) is 5.52 Å². The summed E-state index contributed by atoms with van der Waals surface area (Å²) in [7, 11) is 0. The summed E-state index contributed by atoms with van der Waals surface area (Å²) in [5.41, 5.74) is 4.48. The van der Waals surface area contributed by atoms with Gasteiger partial charge in [-0.3, -0.25) is 9.69 Å². The molecule has 3 aromatic carbocycles. The maximum Gasteiger partial charge on any atom is 0.162 e. The Morgan fingerprint density at radius 2 is 1.44 bits per heavy atom. The van der Waals surface area contributed by atoms with E-state index < -0.39 is 0 Å². The first kappa shape index (κ1) is 24.0. The van der Waals surface area contributed by atoms with Crippen LogP contribution in [0.15, 0.2) is 66.7 Å². The van der Waals surface area contributed by atoms with Crippen molar-refractivity contribution in [1.29, 1.82) is 0 Å². The lowest BCUT2D eigenvalue weighted by atomic mass is 10.1. The Balaban J connectivity index is 0.00000274. The Hall–Kier alpha value is -3.09. The molecule has 0 spiro atoms. The Kier molecular flexibility index (Phi) is 7.10. The highest BCUT2D eigenvalue weighted by molar-refractivity contribution is 5.96. The Morgan fingerprint density at radius 1 is 0.794 bits per heavy atom. The van der Waals surface area contributed by atoms with Crippen LogP contribution in [0.4, 0.5) is 13.2 Å². The second-order valence-corrected chi connectivity index (χ2v) is 8.50. The van der Waals surface area contributed by atoms with Crippen molar-refractivity contribution in [1.82, 2.24) is 9.47 Å². The monoisotopic (exact) mass is 484 g/mol. The number of halogens is 4. The minimum atomic E-state index is -0.350. The van der Waals surface area contributed by atoms with E-state index in [0.717, 1.165) is 47.2 Å². The van der Waals surface area contributed by atoms with Crippen molar-refractivity contribution < 1.29 is 18.0 Å². The van der Waals surface area contributed by atoms with Crippen LogP contribution >= 0.6 is 12.4 Å². The van der Waals surface area contributed by atoms with Crippen LogP contribution in [0.3, 0.4) is 0 Å². The molecule has 0 N–H and O–H groups in total. The largest absolute Gasteiger partial charge is 0.312 e. The van der Waals surface area contributed by atoms with E-state index in [1.807, 2.05) is 0 Å². The Morgan fingerprint density at radius 3 is 2.15 bits per heavy atom. The molecule has 1 aliphatic rings. The predicted octanol–water partition coefficient (Wildman–Crippen LogP) is 6.84. The predicted molar refractivity (Wildman–Crippen MR) is 129 cm³/mol. The molecule has 0 bridgehead atoms. The molecule has 1 aliphatic heterocycles. The van der Waals surface area contributed by atoms with Crippen LogP contribution in [0.1, 0.15) is 40.9 Å². The maximum atomic E-state index is 14.0. The number of hydrogen-bond acceptors (Lipinski definition) is 2. The molecule has 0 fully saturated rings. The topological polar surface area (TPSA) is 25.2 Å². The zero-order chi connectivity index (χ0) is 22.9. The number of benzene rings is 3. The molecule has 0 saturated carbocycles. The van der Waals surface area contributed by atoms with E-state index in [0.29, 0.717) is 25.1 Å². The van der Waals surface area contributed by atoms with E-state index in [4.69, 9.17) is 0 Å². The lowest BCUT2D eigenvalue weighted by Gasteiger charge is -2.17. The molecule has 7 heteroatoms. The summed E-state index contributed by atoms with van der Waals surface area (Å²) in [5, 5.41) is 0.878.